The third-order valence-electron chi connectivity index (χ3n) is 4.40. The summed E-state index contributed by atoms with van der Waals surface area (Å²) < 4.78 is 0. The summed E-state index contributed by atoms with van der Waals surface area (Å²) in [6.07, 6.45) is 5.87. The molecule has 2 fully saturated rings. The van der Waals surface area contributed by atoms with E-state index in [2.05, 4.69) is 24.1 Å². The van der Waals surface area contributed by atoms with E-state index >= 15 is 0 Å². The lowest BCUT2D eigenvalue weighted by Crippen LogP contribution is -2.51. The molecule has 0 amide bonds. The second-order valence-corrected chi connectivity index (χ2v) is 5.57. The fraction of sp³-hybridized carbons (Fsp3) is 1.00. The summed E-state index contributed by atoms with van der Waals surface area (Å²) in [5.74, 6) is 1.93. The summed E-state index contributed by atoms with van der Waals surface area (Å²) in [6, 6.07) is 0.743. The van der Waals surface area contributed by atoms with Crippen molar-refractivity contribution >= 4 is 0 Å². The van der Waals surface area contributed by atoms with Crippen LogP contribution in [0, 0.1) is 11.8 Å². The zero-order valence-electron chi connectivity index (χ0n) is 10.3. The molecule has 2 aliphatic rings. The van der Waals surface area contributed by atoms with Crippen LogP contribution < -0.4 is 5.32 Å². The Labute approximate surface area is 94.4 Å². The number of nitrogens with zero attached hydrogens (tertiary/aromatic N) is 1. The zero-order chi connectivity index (χ0) is 10.7. The lowest BCUT2D eigenvalue weighted by molar-refractivity contribution is 0.110. The first-order valence-electron chi connectivity index (χ1n) is 6.72. The van der Waals surface area contributed by atoms with Gasteiger partial charge in [0.25, 0.3) is 0 Å². The van der Waals surface area contributed by atoms with E-state index in [9.17, 15) is 0 Å². The summed E-state index contributed by atoms with van der Waals surface area (Å²) >= 11 is 0. The van der Waals surface area contributed by atoms with Gasteiger partial charge in [-0.25, -0.2) is 0 Å². The summed E-state index contributed by atoms with van der Waals surface area (Å²) in [5.41, 5.74) is 0. The Kier molecular flexibility index (Phi) is 4.04. The first-order valence-corrected chi connectivity index (χ1v) is 6.72. The highest BCUT2D eigenvalue weighted by Crippen LogP contribution is 2.30. The van der Waals surface area contributed by atoms with Crippen molar-refractivity contribution in [3.63, 3.8) is 0 Å². The maximum atomic E-state index is 3.47. The Morgan fingerprint density at radius 1 is 1.20 bits per heavy atom. The van der Waals surface area contributed by atoms with Crippen LogP contribution in [-0.4, -0.2) is 37.1 Å². The fourth-order valence-corrected chi connectivity index (χ4v) is 3.12. The van der Waals surface area contributed by atoms with Gasteiger partial charge in [-0.2, -0.15) is 0 Å². The van der Waals surface area contributed by atoms with E-state index in [4.69, 9.17) is 0 Å². The molecule has 1 aliphatic heterocycles. The van der Waals surface area contributed by atoms with E-state index < -0.39 is 0 Å². The standard InChI is InChI=1S/C13H26N2/c1-11-5-3-4-6-13(11)10-15-8-7-14-9-12(15)2/h11-14H,3-10H2,1-2H3/t11?,12-,13?/m0/s1. The molecule has 0 radical (unpaired) electrons. The predicted octanol–water partition coefficient (Wildman–Crippen LogP) is 2.11. The molecule has 1 saturated carbocycles. The second-order valence-electron chi connectivity index (χ2n) is 5.57. The van der Waals surface area contributed by atoms with Crippen LogP contribution in [0.1, 0.15) is 39.5 Å². The van der Waals surface area contributed by atoms with Crippen LogP contribution >= 0.6 is 0 Å². The minimum atomic E-state index is 0.743. The molecule has 0 aromatic rings. The van der Waals surface area contributed by atoms with Gasteiger partial charge >= 0.3 is 0 Å². The second kappa shape index (κ2) is 5.31. The molecule has 2 unspecified atom stereocenters. The Morgan fingerprint density at radius 3 is 2.73 bits per heavy atom. The number of hydrogen-bond donors (Lipinski definition) is 1. The number of rotatable bonds is 2. The summed E-state index contributed by atoms with van der Waals surface area (Å²) in [7, 11) is 0. The van der Waals surface area contributed by atoms with Crippen molar-refractivity contribution in [2.75, 3.05) is 26.2 Å². The van der Waals surface area contributed by atoms with Crippen LogP contribution in [0.4, 0.5) is 0 Å². The molecule has 0 bridgehead atoms. The minimum Gasteiger partial charge on any atom is -0.314 e. The third kappa shape index (κ3) is 2.94. The monoisotopic (exact) mass is 210 g/mol. The third-order valence-corrected chi connectivity index (χ3v) is 4.40. The van der Waals surface area contributed by atoms with Crippen LogP contribution in [0.3, 0.4) is 0 Å². The molecule has 0 spiro atoms. The first kappa shape index (κ1) is 11.4. The summed E-state index contributed by atoms with van der Waals surface area (Å²) in [6.45, 7) is 9.79. The van der Waals surface area contributed by atoms with Crippen LogP contribution in [-0.2, 0) is 0 Å². The van der Waals surface area contributed by atoms with Crippen molar-refractivity contribution in [3.8, 4) is 0 Å². The SMILES string of the molecule is CC1CCCCC1CN1CCNC[C@@H]1C. The van der Waals surface area contributed by atoms with E-state index in [1.807, 2.05) is 0 Å². The quantitative estimate of drug-likeness (QED) is 0.751. The van der Waals surface area contributed by atoms with Gasteiger partial charge in [0.05, 0.1) is 0 Å². The van der Waals surface area contributed by atoms with Gasteiger partial charge < -0.3 is 5.32 Å². The number of nitrogens with one attached hydrogen (secondary N) is 1. The molecule has 1 aliphatic carbocycles. The lowest BCUT2D eigenvalue weighted by Gasteiger charge is -2.39. The van der Waals surface area contributed by atoms with Gasteiger partial charge in [-0.3, -0.25) is 4.90 Å². The van der Waals surface area contributed by atoms with Crippen LogP contribution in [0.15, 0.2) is 0 Å². The molecule has 2 nitrogen and oxygen atoms in total. The molecule has 2 rings (SSSR count). The van der Waals surface area contributed by atoms with Crippen molar-refractivity contribution in [2.24, 2.45) is 11.8 Å². The summed E-state index contributed by atoms with van der Waals surface area (Å²) in [5, 5.41) is 3.47. The molecular weight excluding hydrogens is 184 g/mol. The van der Waals surface area contributed by atoms with Gasteiger partial charge in [0, 0.05) is 32.2 Å². The minimum absolute atomic E-state index is 0.743. The molecule has 15 heavy (non-hydrogen) atoms. The Hall–Kier alpha value is -0.0800. The molecule has 3 atom stereocenters. The number of piperazine rings is 1. The fourth-order valence-electron chi connectivity index (χ4n) is 3.12. The number of hydrogen-bond acceptors (Lipinski definition) is 2. The van der Waals surface area contributed by atoms with Crippen molar-refractivity contribution < 1.29 is 0 Å². The van der Waals surface area contributed by atoms with Crippen LogP contribution in [0.25, 0.3) is 0 Å². The Bertz CT molecular complexity index is 173. The maximum absolute atomic E-state index is 3.47. The van der Waals surface area contributed by atoms with Crippen molar-refractivity contribution in [1.82, 2.24) is 10.2 Å². The molecule has 2 heteroatoms. The average molecular weight is 210 g/mol. The Morgan fingerprint density at radius 2 is 2.00 bits per heavy atom. The predicted molar refractivity (Wildman–Crippen MR) is 65.0 cm³/mol. The van der Waals surface area contributed by atoms with Gasteiger partial charge in [-0.1, -0.05) is 26.2 Å². The Balaban J connectivity index is 1.83. The van der Waals surface area contributed by atoms with Crippen molar-refractivity contribution in [1.29, 1.82) is 0 Å². The highest BCUT2D eigenvalue weighted by Gasteiger charge is 2.26. The van der Waals surface area contributed by atoms with Gasteiger partial charge in [-0.15, -0.1) is 0 Å². The first-order chi connectivity index (χ1) is 7.27. The average Bonchev–Trinajstić information content (AvgIpc) is 2.24. The highest BCUT2D eigenvalue weighted by molar-refractivity contribution is 4.81. The molecule has 0 aromatic carbocycles. The zero-order valence-corrected chi connectivity index (χ0v) is 10.3. The van der Waals surface area contributed by atoms with E-state index in [0.29, 0.717) is 0 Å². The van der Waals surface area contributed by atoms with E-state index in [0.717, 1.165) is 17.9 Å². The molecule has 0 aromatic heterocycles. The molecule has 1 saturated heterocycles. The summed E-state index contributed by atoms with van der Waals surface area (Å²) in [4.78, 5) is 2.70. The molecule has 1 heterocycles. The smallest absolute Gasteiger partial charge is 0.0193 e. The lowest BCUT2D eigenvalue weighted by atomic mass is 9.80. The van der Waals surface area contributed by atoms with Gasteiger partial charge in [0.2, 0.25) is 0 Å². The maximum Gasteiger partial charge on any atom is 0.0193 e. The molecule has 88 valence electrons. The van der Waals surface area contributed by atoms with Crippen molar-refractivity contribution in [3.05, 3.63) is 0 Å². The largest absolute Gasteiger partial charge is 0.314 e. The topological polar surface area (TPSA) is 15.3 Å². The van der Waals surface area contributed by atoms with Crippen molar-refractivity contribution in [2.45, 2.75) is 45.6 Å². The van der Waals surface area contributed by atoms with E-state index in [1.54, 1.807) is 0 Å². The molecular formula is C13H26N2. The normalized spacial score (nSPS) is 39.2. The van der Waals surface area contributed by atoms with Gasteiger partial charge in [0.1, 0.15) is 0 Å². The van der Waals surface area contributed by atoms with E-state index in [1.165, 1.54) is 51.9 Å². The van der Waals surface area contributed by atoms with Gasteiger partial charge in [-0.05, 0) is 25.2 Å². The van der Waals surface area contributed by atoms with Gasteiger partial charge in [0.15, 0.2) is 0 Å². The van der Waals surface area contributed by atoms with Crippen LogP contribution in [0.5, 0.6) is 0 Å². The molecule has 1 N–H and O–H groups in total. The van der Waals surface area contributed by atoms with E-state index in [-0.39, 0.29) is 0 Å². The van der Waals surface area contributed by atoms with Crippen LogP contribution in [0.2, 0.25) is 0 Å². The highest BCUT2D eigenvalue weighted by atomic mass is 15.2.